The second-order valence-corrected chi connectivity index (χ2v) is 5.38. The largest absolute Gasteiger partial charge is 0.508 e. The lowest BCUT2D eigenvalue weighted by molar-refractivity contribution is 0.315. The predicted molar refractivity (Wildman–Crippen MR) is 74.0 cm³/mol. The zero-order chi connectivity index (χ0) is 12.3. The summed E-state index contributed by atoms with van der Waals surface area (Å²) < 4.78 is 0. The van der Waals surface area contributed by atoms with Crippen LogP contribution in [0.4, 0.5) is 0 Å². The van der Waals surface area contributed by atoms with E-state index < -0.39 is 0 Å². The average Bonchev–Trinajstić information content (AvgIpc) is 2.52. The van der Waals surface area contributed by atoms with E-state index in [0.717, 1.165) is 13.0 Å². The van der Waals surface area contributed by atoms with Crippen molar-refractivity contribution in [3.8, 4) is 5.75 Å². The molecule has 0 radical (unpaired) electrons. The van der Waals surface area contributed by atoms with E-state index >= 15 is 0 Å². The zero-order valence-corrected chi connectivity index (χ0v) is 10.9. The van der Waals surface area contributed by atoms with Crippen LogP contribution in [0.5, 0.6) is 5.75 Å². The first kappa shape index (κ1) is 12.5. The second kappa shape index (κ2) is 5.13. The summed E-state index contributed by atoms with van der Waals surface area (Å²) in [6.07, 6.45) is 4.95. The first-order valence-corrected chi connectivity index (χ1v) is 6.64. The average molecular weight is 231 g/mol. The molecule has 92 valence electrons. The van der Waals surface area contributed by atoms with E-state index in [1.165, 1.54) is 31.4 Å². The van der Waals surface area contributed by atoms with E-state index in [2.05, 4.69) is 25.8 Å². The van der Waals surface area contributed by atoms with Crippen LogP contribution in [0.3, 0.4) is 0 Å². The van der Waals surface area contributed by atoms with Crippen molar-refractivity contribution < 1.29 is 5.11 Å². The molecule has 17 heavy (non-hydrogen) atoms. The standard InChI is InChI=1S/C14H22BNO/c1-2-14(8-3-4-9-16(15)11-14)12-6-5-7-13(17)10-12/h5-7,10,17H,2-4,8-9,11,15H2,1H3. The Balaban J connectivity index is 2.34. The Morgan fingerprint density at radius 1 is 1.41 bits per heavy atom. The molecule has 1 fully saturated rings. The second-order valence-electron chi connectivity index (χ2n) is 5.38. The van der Waals surface area contributed by atoms with Crippen LogP contribution in [0.15, 0.2) is 24.3 Å². The van der Waals surface area contributed by atoms with Gasteiger partial charge < -0.3 is 9.92 Å². The van der Waals surface area contributed by atoms with Crippen molar-refractivity contribution in [1.82, 2.24) is 4.81 Å². The van der Waals surface area contributed by atoms with Gasteiger partial charge in [0.05, 0.1) is 0 Å². The molecule has 2 nitrogen and oxygen atoms in total. The zero-order valence-electron chi connectivity index (χ0n) is 10.9. The molecule has 1 aromatic carbocycles. The van der Waals surface area contributed by atoms with Gasteiger partial charge >= 0.3 is 0 Å². The van der Waals surface area contributed by atoms with Gasteiger partial charge in [-0.2, -0.15) is 0 Å². The molecule has 1 saturated heterocycles. The van der Waals surface area contributed by atoms with Gasteiger partial charge in [-0.05, 0) is 50.0 Å². The molecule has 0 saturated carbocycles. The van der Waals surface area contributed by atoms with Gasteiger partial charge in [0.1, 0.15) is 5.75 Å². The Morgan fingerprint density at radius 3 is 2.94 bits per heavy atom. The van der Waals surface area contributed by atoms with Crippen molar-refractivity contribution in [2.45, 2.75) is 38.0 Å². The Labute approximate surface area is 105 Å². The highest BCUT2D eigenvalue weighted by Crippen LogP contribution is 2.37. The number of hydrogen-bond donors (Lipinski definition) is 1. The minimum Gasteiger partial charge on any atom is -0.508 e. The van der Waals surface area contributed by atoms with Gasteiger partial charge in [-0.1, -0.05) is 25.5 Å². The molecule has 1 aliphatic rings. The van der Waals surface area contributed by atoms with E-state index in [-0.39, 0.29) is 5.41 Å². The summed E-state index contributed by atoms with van der Waals surface area (Å²) in [5, 5.41) is 9.68. The molecule has 0 aliphatic carbocycles. The maximum atomic E-state index is 9.68. The molecule has 1 aromatic rings. The number of phenolic OH excluding ortho intramolecular Hbond substituents is 1. The molecule has 0 aromatic heterocycles. The molecule has 0 amide bonds. The van der Waals surface area contributed by atoms with Crippen molar-refractivity contribution in [3.63, 3.8) is 0 Å². The number of hydrogen-bond acceptors (Lipinski definition) is 2. The quantitative estimate of drug-likeness (QED) is 0.787. The third kappa shape index (κ3) is 2.66. The van der Waals surface area contributed by atoms with Crippen LogP contribution in [-0.2, 0) is 5.41 Å². The van der Waals surface area contributed by atoms with Gasteiger partial charge in [0, 0.05) is 5.41 Å². The number of aromatic hydroxyl groups is 1. The molecule has 3 heteroatoms. The van der Waals surface area contributed by atoms with Crippen LogP contribution in [-0.4, -0.2) is 31.0 Å². The van der Waals surface area contributed by atoms with Crippen LogP contribution >= 0.6 is 0 Å². The van der Waals surface area contributed by atoms with Gasteiger partial charge in [-0.15, -0.1) is 0 Å². The summed E-state index contributed by atoms with van der Waals surface area (Å²) in [4.78, 5) is 2.43. The van der Waals surface area contributed by atoms with Crippen molar-refractivity contribution in [1.29, 1.82) is 0 Å². The van der Waals surface area contributed by atoms with Crippen LogP contribution < -0.4 is 0 Å². The molecule has 1 unspecified atom stereocenters. The van der Waals surface area contributed by atoms with Gasteiger partial charge in [-0.25, -0.2) is 0 Å². The third-order valence-electron chi connectivity index (χ3n) is 4.15. The van der Waals surface area contributed by atoms with Crippen molar-refractivity contribution in [3.05, 3.63) is 29.8 Å². The third-order valence-corrected chi connectivity index (χ3v) is 4.15. The highest BCUT2D eigenvalue weighted by Gasteiger charge is 2.32. The summed E-state index contributed by atoms with van der Waals surface area (Å²) >= 11 is 0. The minimum atomic E-state index is 0.226. The van der Waals surface area contributed by atoms with Gasteiger partial charge in [0.25, 0.3) is 0 Å². The molecule has 1 atom stereocenters. The van der Waals surface area contributed by atoms with Gasteiger partial charge in [0.15, 0.2) is 7.98 Å². The summed E-state index contributed by atoms with van der Waals surface area (Å²) in [6, 6.07) is 7.84. The lowest BCUT2D eigenvalue weighted by Gasteiger charge is -2.35. The molecule has 0 bridgehead atoms. The Kier molecular flexibility index (Phi) is 3.77. The Morgan fingerprint density at radius 2 is 2.24 bits per heavy atom. The maximum absolute atomic E-state index is 9.68. The number of nitrogens with zero attached hydrogens (tertiary/aromatic N) is 1. The minimum absolute atomic E-state index is 0.226. The highest BCUT2D eigenvalue weighted by molar-refractivity contribution is 6.04. The van der Waals surface area contributed by atoms with E-state index in [4.69, 9.17) is 0 Å². The summed E-state index contributed by atoms with van der Waals surface area (Å²) in [5.41, 5.74) is 1.53. The van der Waals surface area contributed by atoms with E-state index in [0.29, 0.717) is 5.75 Å². The van der Waals surface area contributed by atoms with Crippen molar-refractivity contribution >= 4 is 7.98 Å². The fourth-order valence-electron chi connectivity index (χ4n) is 3.08. The molecule has 1 aliphatic heterocycles. The van der Waals surface area contributed by atoms with E-state index in [9.17, 15) is 5.11 Å². The number of benzene rings is 1. The SMILES string of the molecule is BN1CCCCC(CC)(c2cccc(O)c2)C1. The monoisotopic (exact) mass is 231 g/mol. The van der Waals surface area contributed by atoms with Gasteiger partial charge in [0.2, 0.25) is 0 Å². The van der Waals surface area contributed by atoms with Crippen LogP contribution in [0, 0.1) is 0 Å². The number of rotatable bonds is 2. The lowest BCUT2D eigenvalue weighted by Crippen LogP contribution is -2.37. The van der Waals surface area contributed by atoms with Crippen LogP contribution in [0.25, 0.3) is 0 Å². The Hall–Kier alpha value is -0.955. The predicted octanol–water partition coefficient (Wildman–Crippen LogP) is 2.07. The van der Waals surface area contributed by atoms with E-state index in [1.54, 1.807) is 6.07 Å². The number of phenols is 1. The van der Waals surface area contributed by atoms with Crippen molar-refractivity contribution in [2.24, 2.45) is 0 Å². The summed E-state index contributed by atoms with van der Waals surface area (Å²) in [5.74, 6) is 0.391. The lowest BCUT2D eigenvalue weighted by atomic mass is 9.74. The topological polar surface area (TPSA) is 23.5 Å². The summed E-state index contributed by atoms with van der Waals surface area (Å²) in [7, 11) is 2.21. The van der Waals surface area contributed by atoms with Crippen molar-refractivity contribution in [2.75, 3.05) is 13.1 Å². The first-order chi connectivity index (χ1) is 8.16. The first-order valence-electron chi connectivity index (χ1n) is 6.64. The highest BCUT2D eigenvalue weighted by atomic mass is 16.3. The molecule has 0 spiro atoms. The fraction of sp³-hybridized carbons (Fsp3) is 0.571. The smallest absolute Gasteiger partial charge is 0.185 e. The maximum Gasteiger partial charge on any atom is 0.185 e. The van der Waals surface area contributed by atoms with Crippen LogP contribution in [0.2, 0.25) is 0 Å². The fourth-order valence-corrected chi connectivity index (χ4v) is 3.08. The van der Waals surface area contributed by atoms with E-state index in [1.807, 2.05) is 12.1 Å². The molecule has 1 heterocycles. The molecular weight excluding hydrogens is 209 g/mol. The molecule has 1 N–H and O–H groups in total. The molecule has 2 rings (SSSR count). The van der Waals surface area contributed by atoms with Crippen LogP contribution in [0.1, 0.15) is 38.2 Å². The normalized spacial score (nSPS) is 26.6. The molecular formula is C14H22BNO. The van der Waals surface area contributed by atoms with Gasteiger partial charge in [-0.3, -0.25) is 0 Å². The summed E-state index contributed by atoms with van der Waals surface area (Å²) in [6.45, 7) is 4.57. The Bertz CT molecular complexity index is 382.